The quantitative estimate of drug-likeness (QED) is 0.832. The van der Waals surface area contributed by atoms with E-state index in [1.54, 1.807) is 7.11 Å². The Balaban J connectivity index is 2.36. The van der Waals surface area contributed by atoms with E-state index in [9.17, 15) is 4.79 Å². The van der Waals surface area contributed by atoms with E-state index >= 15 is 0 Å². The van der Waals surface area contributed by atoms with E-state index < -0.39 is 0 Å². The number of methoxy groups -OCH3 is 1. The summed E-state index contributed by atoms with van der Waals surface area (Å²) in [7, 11) is 3.53. The van der Waals surface area contributed by atoms with E-state index in [4.69, 9.17) is 16.3 Å². The number of rotatable bonds is 7. The van der Waals surface area contributed by atoms with Gasteiger partial charge in [-0.25, -0.2) is 0 Å². The summed E-state index contributed by atoms with van der Waals surface area (Å²) in [6.07, 6.45) is 0. The third-order valence-corrected chi connectivity index (χ3v) is 2.86. The first-order valence-electron chi connectivity index (χ1n) is 6.22. The molecule has 0 heterocycles. The molecular weight excluding hydrogens is 264 g/mol. The lowest BCUT2D eigenvalue weighted by Gasteiger charge is -2.18. The molecule has 0 fully saturated rings. The number of amides is 1. The Kier molecular flexibility index (Phi) is 6.84. The summed E-state index contributed by atoms with van der Waals surface area (Å²) in [4.78, 5) is 13.7. The highest BCUT2D eigenvalue weighted by Gasteiger charge is 2.10. The lowest BCUT2D eigenvalue weighted by Crippen LogP contribution is -2.41. The van der Waals surface area contributed by atoms with Gasteiger partial charge in [-0.05, 0) is 31.7 Å². The zero-order chi connectivity index (χ0) is 14.3. The molecule has 0 aliphatic heterocycles. The van der Waals surface area contributed by atoms with Crippen molar-refractivity contribution in [1.29, 1.82) is 0 Å². The highest BCUT2D eigenvalue weighted by atomic mass is 35.5. The maximum atomic E-state index is 11.8. The monoisotopic (exact) mass is 284 g/mol. The van der Waals surface area contributed by atoms with Gasteiger partial charge in [-0.3, -0.25) is 9.69 Å². The first-order valence-corrected chi connectivity index (χ1v) is 6.60. The second kappa shape index (κ2) is 8.15. The SMILES string of the molecule is COCC(C)NC(=O)CN(C)Cc1ccc(Cl)cc1. The predicted octanol–water partition coefficient (Wildman–Crippen LogP) is 1.92. The van der Waals surface area contributed by atoms with Crippen LogP contribution in [-0.4, -0.2) is 44.2 Å². The molecule has 1 amide bonds. The van der Waals surface area contributed by atoms with E-state index in [2.05, 4.69) is 5.32 Å². The molecular formula is C14H21ClN2O2. The molecule has 0 radical (unpaired) electrons. The van der Waals surface area contributed by atoms with Crippen molar-refractivity contribution >= 4 is 17.5 Å². The minimum atomic E-state index is 0.000938. The van der Waals surface area contributed by atoms with Crippen LogP contribution in [0.25, 0.3) is 0 Å². The minimum Gasteiger partial charge on any atom is -0.383 e. The van der Waals surface area contributed by atoms with Crippen LogP contribution in [0.5, 0.6) is 0 Å². The standard InChI is InChI=1S/C14H21ClN2O2/c1-11(10-19-3)16-14(18)9-17(2)8-12-4-6-13(15)7-5-12/h4-7,11H,8-10H2,1-3H3,(H,16,18). The van der Waals surface area contributed by atoms with Crippen LogP contribution in [0.3, 0.4) is 0 Å². The number of hydrogen-bond acceptors (Lipinski definition) is 3. The van der Waals surface area contributed by atoms with Crippen LogP contribution < -0.4 is 5.32 Å². The summed E-state index contributed by atoms with van der Waals surface area (Å²) in [6, 6.07) is 7.66. The average molecular weight is 285 g/mol. The number of nitrogens with zero attached hydrogens (tertiary/aromatic N) is 1. The van der Waals surface area contributed by atoms with Crippen molar-refractivity contribution in [2.24, 2.45) is 0 Å². The molecule has 0 bridgehead atoms. The average Bonchev–Trinajstić information content (AvgIpc) is 2.32. The Morgan fingerprint density at radius 3 is 2.63 bits per heavy atom. The molecule has 1 atom stereocenters. The van der Waals surface area contributed by atoms with Gasteiger partial charge in [-0.15, -0.1) is 0 Å². The van der Waals surface area contributed by atoms with Gasteiger partial charge in [0.1, 0.15) is 0 Å². The maximum Gasteiger partial charge on any atom is 0.234 e. The molecule has 19 heavy (non-hydrogen) atoms. The van der Waals surface area contributed by atoms with E-state index in [1.807, 2.05) is 43.1 Å². The fraction of sp³-hybridized carbons (Fsp3) is 0.500. The van der Waals surface area contributed by atoms with Crippen molar-refractivity contribution in [3.63, 3.8) is 0 Å². The smallest absolute Gasteiger partial charge is 0.234 e. The largest absolute Gasteiger partial charge is 0.383 e. The Labute approximate surface area is 119 Å². The number of carbonyl (C=O) groups excluding carboxylic acids is 1. The van der Waals surface area contributed by atoms with Gasteiger partial charge in [-0.1, -0.05) is 23.7 Å². The molecule has 1 N–H and O–H groups in total. The summed E-state index contributed by atoms with van der Waals surface area (Å²) in [5, 5.41) is 3.60. The van der Waals surface area contributed by atoms with Crippen molar-refractivity contribution in [1.82, 2.24) is 10.2 Å². The topological polar surface area (TPSA) is 41.6 Å². The first-order chi connectivity index (χ1) is 9.01. The Morgan fingerprint density at radius 1 is 1.42 bits per heavy atom. The number of halogens is 1. The number of hydrogen-bond donors (Lipinski definition) is 1. The molecule has 1 rings (SSSR count). The Bertz CT molecular complexity index is 395. The fourth-order valence-electron chi connectivity index (χ4n) is 1.81. The van der Waals surface area contributed by atoms with E-state index in [-0.39, 0.29) is 11.9 Å². The third kappa shape index (κ3) is 6.57. The molecule has 0 saturated carbocycles. The van der Waals surface area contributed by atoms with Gasteiger partial charge in [0.25, 0.3) is 0 Å². The van der Waals surface area contributed by atoms with Crippen LogP contribution in [0, 0.1) is 0 Å². The van der Waals surface area contributed by atoms with E-state index in [0.717, 1.165) is 10.6 Å². The van der Waals surface area contributed by atoms with Crippen molar-refractivity contribution in [3.05, 3.63) is 34.9 Å². The van der Waals surface area contributed by atoms with Gasteiger partial charge < -0.3 is 10.1 Å². The predicted molar refractivity (Wildman–Crippen MR) is 77.3 cm³/mol. The third-order valence-electron chi connectivity index (χ3n) is 2.60. The molecule has 0 saturated heterocycles. The van der Waals surface area contributed by atoms with Crippen molar-refractivity contribution in [3.8, 4) is 0 Å². The molecule has 4 nitrogen and oxygen atoms in total. The lowest BCUT2D eigenvalue weighted by atomic mass is 10.2. The second-order valence-electron chi connectivity index (χ2n) is 4.72. The normalized spacial score (nSPS) is 12.5. The fourth-order valence-corrected chi connectivity index (χ4v) is 1.94. The van der Waals surface area contributed by atoms with Gasteiger partial charge in [0, 0.05) is 24.7 Å². The van der Waals surface area contributed by atoms with Crippen molar-refractivity contribution < 1.29 is 9.53 Å². The van der Waals surface area contributed by atoms with Crippen LogP contribution in [-0.2, 0) is 16.1 Å². The lowest BCUT2D eigenvalue weighted by molar-refractivity contribution is -0.123. The van der Waals surface area contributed by atoms with Crippen LogP contribution in [0.4, 0.5) is 0 Å². The zero-order valence-corrected chi connectivity index (χ0v) is 12.4. The van der Waals surface area contributed by atoms with E-state index in [1.165, 1.54) is 0 Å². The molecule has 0 aromatic heterocycles. The van der Waals surface area contributed by atoms with Crippen LogP contribution in [0.1, 0.15) is 12.5 Å². The Morgan fingerprint density at radius 2 is 2.05 bits per heavy atom. The van der Waals surface area contributed by atoms with Crippen molar-refractivity contribution in [2.75, 3.05) is 27.3 Å². The second-order valence-corrected chi connectivity index (χ2v) is 5.16. The number of carbonyl (C=O) groups is 1. The van der Waals surface area contributed by atoms with Gasteiger partial charge in [0.2, 0.25) is 5.91 Å². The molecule has 0 aliphatic rings. The molecule has 1 aromatic rings. The highest BCUT2D eigenvalue weighted by Crippen LogP contribution is 2.10. The van der Waals surface area contributed by atoms with Crippen LogP contribution in [0.15, 0.2) is 24.3 Å². The molecule has 106 valence electrons. The van der Waals surface area contributed by atoms with Gasteiger partial charge >= 0.3 is 0 Å². The summed E-state index contributed by atoms with van der Waals surface area (Å²) >= 11 is 5.83. The molecule has 1 unspecified atom stereocenters. The summed E-state index contributed by atoms with van der Waals surface area (Å²) < 4.78 is 4.98. The first kappa shape index (κ1) is 16.0. The van der Waals surface area contributed by atoms with Gasteiger partial charge in [-0.2, -0.15) is 0 Å². The zero-order valence-electron chi connectivity index (χ0n) is 11.6. The summed E-state index contributed by atoms with van der Waals surface area (Å²) in [6.45, 7) is 3.51. The number of ether oxygens (including phenoxy) is 1. The molecule has 0 aliphatic carbocycles. The minimum absolute atomic E-state index is 0.000938. The summed E-state index contributed by atoms with van der Waals surface area (Å²) in [5.74, 6) is 0.000938. The van der Waals surface area contributed by atoms with Gasteiger partial charge in [0.15, 0.2) is 0 Å². The number of likely N-dealkylation sites (N-methyl/N-ethyl adjacent to an activating group) is 1. The molecule has 0 spiro atoms. The van der Waals surface area contributed by atoms with Crippen molar-refractivity contribution in [2.45, 2.75) is 19.5 Å². The van der Waals surface area contributed by atoms with Crippen LogP contribution in [0.2, 0.25) is 5.02 Å². The number of nitrogens with one attached hydrogen (secondary N) is 1. The molecule has 1 aromatic carbocycles. The number of benzene rings is 1. The molecule has 5 heteroatoms. The maximum absolute atomic E-state index is 11.8. The van der Waals surface area contributed by atoms with E-state index in [0.29, 0.717) is 19.7 Å². The highest BCUT2D eigenvalue weighted by molar-refractivity contribution is 6.30. The summed E-state index contributed by atoms with van der Waals surface area (Å²) in [5.41, 5.74) is 1.13. The Hall–Kier alpha value is -1.10. The van der Waals surface area contributed by atoms with Crippen LogP contribution >= 0.6 is 11.6 Å². The van der Waals surface area contributed by atoms with Gasteiger partial charge in [0.05, 0.1) is 13.2 Å².